The zero-order chi connectivity index (χ0) is 14.9. The van der Waals surface area contributed by atoms with E-state index in [4.69, 9.17) is 11.6 Å². The zero-order valence-corrected chi connectivity index (χ0v) is 12.4. The number of hydrogen-bond acceptors (Lipinski definition) is 2. The van der Waals surface area contributed by atoms with E-state index in [2.05, 4.69) is 0 Å². The second-order valence-corrected chi connectivity index (χ2v) is 5.70. The molecule has 1 fully saturated rings. The Labute approximate surface area is 123 Å². The molecule has 0 radical (unpaired) electrons. The van der Waals surface area contributed by atoms with Crippen LogP contribution in [0.15, 0.2) is 18.2 Å². The number of carbonyl (C=O) groups is 2. The molecule has 1 heterocycles. The van der Waals surface area contributed by atoms with Crippen molar-refractivity contribution in [2.45, 2.75) is 32.7 Å². The molecule has 1 aromatic rings. The minimum atomic E-state index is -0.836. The Morgan fingerprint density at radius 1 is 1.40 bits per heavy atom. The van der Waals surface area contributed by atoms with E-state index in [1.54, 1.807) is 30.0 Å². The smallest absolute Gasteiger partial charge is 0.308 e. The molecule has 20 heavy (non-hydrogen) atoms. The van der Waals surface area contributed by atoms with Crippen LogP contribution in [0, 0.1) is 12.8 Å². The fourth-order valence-corrected chi connectivity index (χ4v) is 2.83. The largest absolute Gasteiger partial charge is 0.481 e. The molecule has 0 aromatic heterocycles. The highest BCUT2D eigenvalue weighted by atomic mass is 35.5. The van der Waals surface area contributed by atoms with Crippen molar-refractivity contribution in [3.05, 3.63) is 34.3 Å². The molecular weight excluding hydrogens is 278 g/mol. The number of carboxylic acids is 1. The number of piperidine rings is 1. The maximum absolute atomic E-state index is 12.5. The molecule has 1 aliphatic rings. The van der Waals surface area contributed by atoms with Crippen molar-refractivity contribution >= 4 is 23.5 Å². The van der Waals surface area contributed by atoms with Gasteiger partial charge in [-0.1, -0.05) is 17.7 Å². The first-order chi connectivity index (χ1) is 9.41. The summed E-state index contributed by atoms with van der Waals surface area (Å²) in [6, 6.07) is 4.89. The third-order valence-electron chi connectivity index (χ3n) is 3.98. The fraction of sp³-hybridized carbons (Fsp3) is 0.467. The van der Waals surface area contributed by atoms with Gasteiger partial charge in [0.25, 0.3) is 5.91 Å². The number of rotatable bonds is 2. The molecule has 1 aromatic carbocycles. The Balaban J connectivity index is 2.23. The van der Waals surface area contributed by atoms with E-state index in [1.807, 2.05) is 6.92 Å². The maximum atomic E-state index is 12.5. The maximum Gasteiger partial charge on any atom is 0.308 e. The van der Waals surface area contributed by atoms with Gasteiger partial charge in [0, 0.05) is 23.2 Å². The first-order valence-corrected chi connectivity index (χ1v) is 7.09. The van der Waals surface area contributed by atoms with Gasteiger partial charge in [-0.3, -0.25) is 9.59 Å². The molecule has 4 nitrogen and oxygen atoms in total. The second-order valence-electron chi connectivity index (χ2n) is 5.29. The van der Waals surface area contributed by atoms with Gasteiger partial charge in [0.15, 0.2) is 0 Å². The molecule has 2 atom stereocenters. The van der Waals surface area contributed by atoms with Crippen molar-refractivity contribution in [2.75, 3.05) is 6.54 Å². The van der Waals surface area contributed by atoms with Crippen LogP contribution in [0.2, 0.25) is 5.02 Å². The highest BCUT2D eigenvalue weighted by molar-refractivity contribution is 6.31. The van der Waals surface area contributed by atoms with Gasteiger partial charge in [-0.2, -0.15) is 0 Å². The number of halogens is 1. The summed E-state index contributed by atoms with van der Waals surface area (Å²) in [5.74, 6) is -1.48. The lowest BCUT2D eigenvalue weighted by molar-refractivity contribution is -0.144. The van der Waals surface area contributed by atoms with Crippen molar-refractivity contribution in [1.82, 2.24) is 4.90 Å². The number of likely N-dealkylation sites (tertiary alicyclic amines) is 1. The van der Waals surface area contributed by atoms with Crippen molar-refractivity contribution in [3.8, 4) is 0 Å². The van der Waals surface area contributed by atoms with Crippen molar-refractivity contribution in [2.24, 2.45) is 5.92 Å². The highest BCUT2D eigenvalue weighted by Crippen LogP contribution is 2.26. The van der Waals surface area contributed by atoms with E-state index in [-0.39, 0.29) is 11.9 Å². The minimum absolute atomic E-state index is 0.148. The van der Waals surface area contributed by atoms with E-state index in [1.165, 1.54) is 0 Å². The van der Waals surface area contributed by atoms with Crippen molar-refractivity contribution < 1.29 is 14.7 Å². The molecule has 0 aliphatic carbocycles. The number of amides is 1. The average molecular weight is 296 g/mol. The summed E-state index contributed by atoms with van der Waals surface area (Å²) >= 11 is 6.05. The van der Waals surface area contributed by atoms with Gasteiger partial charge in [-0.25, -0.2) is 0 Å². The van der Waals surface area contributed by atoms with Crippen LogP contribution < -0.4 is 0 Å². The summed E-state index contributed by atoms with van der Waals surface area (Å²) in [5, 5.41) is 9.75. The molecule has 2 rings (SSSR count). The molecule has 5 heteroatoms. The number of nitrogens with zero attached hydrogens (tertiary/aromatic N) is 1. The van der Waals surface area contributed by atoms with Crippen LogP contribution in [0.3, 0.4) is 0 Å². The summed E-state index contributed by atoms with van der Waals surface area (Å²) in [4.78, 5) is 25.4. The van der Waals surface area contributed by atoms with Gasteiger partial charge >= 0.3 is 5.97 Å². The lowest BCUT2D eigenvalue weighted by Gasteiger charge is -2.37. The molecule has 108 valence electrons. The van der Waals surface area contributed by atoms with E-state index in [0.717, 1.165) is 5.56 Å². The Morgan fingerprint density at radius 2 is 2.10 bits per heavy atom. The zero-order valence-electron chi connectivity index (χ0n) is 11.6. The standard InChI is InChI=1S/C15H18ClNO3/c1-9-5-6-11(8-13(9)16)14(18)17-7-3-4-12(10(17)2)15(19)20/h5-6,8,10,12H,3-4,7H2,1-2H3,(H,19,20)/t10-,12-/m1/s1. The predicted octanol–water partition coefficient (Wildman–Crippen LogP) is 2.97. The first kappa shape index (κ1) is 14.9. The lowest BCUT2D eigenvalue weighted by Crippen LogP contribution is -2.49. The predicted molar refractivity (Wildman–Crippen MR) is 77.0 cm³/mol. The molecule has 1 aliphatic heterocycles. The van der Waals surface area contributed by atoms with Crippen molar-refractivity contribution in [1.29, 1.82) is 0 Å². The van der Waals surface area contributed by atoms with E-state index < -0.39 is 11.9 Å². The number of carboxylic acid groups (broad SMARTS) is 1. The van der Waals surface area contributed by atoms with Crippen LogP contribution in [0.1, 0.15) is 35.7 Å². The number of aliphatic carboxylic acids is 1. The van der Waals surface area contributed by atoms with Crippen LogP contribution in [0.25, 0.3) is 0 Å². The van der Waals surface area contributed by atoms with Gasteiger partial charge < -0.3 is 10.0 Å². The van der Waals surface area contributed by atoms with E-state index >= 15 is 0 Å². The molecule has 1 amide bonds. The molecule has 0 spiro atoms. The number of benzene rings is 1. The molecule has 1 N–H and O–H groups in total. The average Bonchev–Trinajstić information content (AvgIpc) is 2.41. The Morgan fingerprint density at radius 3 is 2.70 bits per heavy atom. The van der Waals surface area contributed by atoms with E-state index in [0.29, 0.717) is 30.0 Å². The van der Waals surface area contributed by atoms with Gasteiger partial charge in [0.2, 0.25) is 0 Å². The summed E-state index contributed by atoms with van der Waals surface area (Å²) in [7, 11) is 0. The molecular formula is C15H18ClNO3. The number of aryl methyl sites for hydroxylation is 1. The Bertz CT molecular complexity index is 544. The number of carbonyl (C=O) groups excluding carboxylic acids is 1. The summed E-state index contributed by atoms with van der Waals surface area (Å²) in [6.45, 7) is 4.27. The quantitative estimate of drug-likeness (QED) is 0.912. The third kappa shape index (κ3) is 2.80. The van der Waals surface area contributed by atoms with Crippen LogP contribution >= 0.6 is 11.6 Å². The molecule has 1 saturated heterocycles. The SMILES string of the molecule is Cc1ccc(C(=O)N2CCC[C@@H](C(=O)O)[C@H]2C)cc1Cl. The normalized spacial score (nSPS) is 22.6. The van der Waals surface area contributed by atoms with Crippen LogP contribution in [0.5, 0.6) is 0 Å². The summed E-state index contributed by atoms with van der Waals surface area (Å²) < 4.78 is 0. The number of hydrogen-bond donors (Lipinski definition) is 1. The first-order valence-electron chi connectivity index (χ1n) is 6.71. The highest BCUT2D eigenvalue weighted by Gasteiger charge is 2.35. The summed E-state index contributed by atoms with van der Waals surface area (Å²) in [6.07, 6.45) is 1.33. The van der Waals surface area contributed by atoms with Gasteiger partial charge in [0.05, 0.1) is 5.92 Å². The Kier molecular flexibility index (Phi) is 4.33. The second kappa shape index (κ2) is 5.83. The van der Waals surface area contributed by atoms with Gasteiger partial charge in [0.1, 0.15) is 0 Å². The Hall–Kier alpha value is -1.55. The van der Waals surface area contributed by atoms with Gasteiger partial charge in [-0.05, 0) is 44.4 Å². The molecule has 0 bridgehead atoms. The van der Waals surface area contributed by atoms with Gasteiger partial charge in [-0.15, -0.1) is 0 Å². The third-order valence-corrected chi connectivity index (χ3v) is 4.39. The van der Waals surface area contributed by atoms with Crippen molar-refractivity contribution in [3.63, 3.8) is 0 Å². The van der Waals surface area contributed by atoms with Crippen LogP contribution in [-0.4, -0.2) is 34.5 Å². The molecule has 0 unspecified atom stereocenters. The lowest BCUT2D eigenvalue weighted by atomic mass is 9.90. The summed E-state index contributed by atoms with van der Waals surface area (Å²) in [5.41, 5.74) is 1.43. The van der Waals surface area contributed by atoms with Crippen LogP contribution in [0.4, 0.5) is 0 Å². The van der Waals surface area contributed by atoms with E-state index in [9.17, 15) is 14.7 Å². The van der Waals surface area contributed by atoms with Crippen LogP contribution in [-0.2, 0) is 4.79 Å². The molecule has 0 saturated carbocycles. The monoisotopic (exact) mass is 295 g/mol. The fourth-order valence-electron chi connectivity index (χ4n) is 2.65. The minimum Gasteiger partial charge on any atom is -0.481 e. The topological polar surface area (TPSA) is 57.6 Å².